The topological polar surface area (TPSA) is 75.5 Å². The van der Waals surface area contributed by atoms with E-state index in [0.29, 0.717) is 11.3 Å². The Morgan fingerprint density at radius 3 is 2.56 bits per heavy atom. The van der Waals surface area contributed by atoms with Crippen LogP contribution >= 0.6 is 0 Å². The van der Waals surface area contributed by atoms with Crippen molar-refractivity contribution in [1.29, 1.82) is 0 Å². The second-order valence-electron chi connectivity index (χ2n) is 4.39. The molecule has 0 aromatic heterocycles. The van der Waals surface area contributed by atoms with Crippen LogP contribution in [-0.2, 0) is 4.79 Å². The SMILES string of the molecule is Cc1ccc(NC(=O)[C@H](C)N(C)C)cc1[N+](=O)[O-]. The zero-order chi connectivity index (χ0) is 13.9. The number of nitro groups is 1. The maximum atomic E-state index is 11.8. The molecule has 6 nitrogen and oxygen atoms in total. The normalized spacial score (nSPS) is 12.3. The second kappa shape index (κ2) is 5.59. The summed E-state index contributed by atoms with van der Waals surface area (Å²) in [7, 11) is 3.59. The van der Waals surface area contributed by atoms with Crippen molar-refractivity contribution in [1.82, 2.24) is 4.90 Å². The van der Waals surface area contributed by atoms with Gasteiger partial charge in [0.05, 0.1) is 11.0 Å². The Hall–Kier alpha value is -1.95. The molecule has 0 saturated carbocycles. The summed E-state index contributed by atoms with van der Waals surface area (Å²) in [6.45, 7) is 3.42. The van der Waals surface area contributed by atoms with Crippen LogP contribution in [0, 0.1) is 17.0 Å². The minimum absolute atomic E-state index is 0.00491. The molecule has 0 aliphatic rings. The molecule has 0 heterocycles. The van der Waals surface area contributed by atoms with E-state index in [1.807, 2.05) is 0 Å². The predicted octanol–water partition coefficient (Wildman–Crippen LogP) is 1.79. The molecule has 1 aromatic carbocycles. The third kappa shape index (κ3) is 3.27. The molecule has 0 radical (unpaired) electrons. The monoisotopic (exact) mass is 251 g/mol. The number of nitrogens with one attached hydrogen (secondary N) is 1. The highest BCUT2D eigenvalue weighted by Gasteiger charge is 2.17. The molecule has 0 unspecified atom stereocenters. The van der Waals surface area contributed by atoms with Crippen molar-refractivity contribution in [2.75, 3.05) is 19.4 Å². The number of nitro benzene ring substituents is 1. The van der Waals surface area contributed by atoms with Gasteiger partial charge in [0.2, 0.25) is 5.91 Å². The lowest BCUT2D eigenvalue weighted by atomic mass is 10.2. The summed E-state index contributed by atoms with van der Waals surface area (Å²) >= 11 is 0. The molecule has 1 atom stereocenters. The van der Waals surface area contributed by atoms with Crippen LogP contribution in [0.5, 0.6) is 0 Å². The average Bonchev–Trinajstić information content (AvgIpc) is 2.29. The van der Waals surface area contributed by atoms with Gasteiger partial charge >= 0.3 is 0 Å². The van der Waals surface area contributed by atoms with Gasteiger partial charge in [-0.05, 0) is 34.0 Å². The van der Waals surface area contributed by atoms with E-state index in [1.54, 1.807) is 45.0 Å². The number of amides is 1. The first-order valence-corrected chi connectivity index (χ1v) is 5.55. The van der Waals surface area contributed by atoms with Crippen LogP contribution in [0.4, 0.5) is 11.4 Å². The molecular weight excluding hydrogens is 234 g/mol. The Balaban J connectivity index is 2.89. The van der Waals surface area contributed by atoms with E-state index in [9.17, 15) is 14.9 Å². The van der Waals surface area contributed by atoms with Gasteiger partial charge in [-0.25, -0.2) is 0 Å². The van der Waals surface area contributed by atoms with E-state index in [2.05, 4.69) is 5.32 Å². The molecule has 0 aliphatic carbocycles. The van der Waals surface area contributed by atoms with Gasteiger partial charge in [0.15, 0.2) is 0 Å². The number of rotatable bonds is 4. The van der Waals surface area contributed by atoms with Crippen molar-refractivity contribution >= 4 is 17.3 Å². The lowest BCUT2D eigenvalue weighted by Crippen LogP contribution is -2.37. The summed E-state index contributed by atoms with van der Waals surface area (Å²) < 4.78 is 0. The molecular formula is C12H17N3O3. The highest BCUT2D eigenvalue weighted by atomic mass is 16.6. The highest BCUT2D eigenvalue weighted by Crippen LogP contribution is 2.22. The first-order chi connectivity index (χ1) is 8.32. The zero-order valence-corrected chi connectivity index (χ0v) is 10.9. The Bertz CT molecular complexity index is 472. The van der Waals surface area contributed by atoms with E-state index >= 15 is 0 Å². The maximum Gasteiger partial charge on any atom is 0.274 e. The zero-order valence-electron chi connectivity index (χ0n) is 10.9. The van der Waals surface area contributed by atoms with Crippen LogP contribution < -0.4 is 5.32 Å². The molecule has 0 saturated heterocycles. The number of hydrogen-bond acceptors (Lipinski definition) is 4. The summed E-state index contributed by atoms with van der Waals surface area (Å²) in [6, 6.07) is 4.34. The average molecular weight is 251 g/mol. The maximum absolute atomic E-state index is 11.8. The Morgan fingerprint density at radius 2 is 2.06 bits per heavy atom. The lowest BCUT2D eigenvalue weighted by molar-refractivity contribution is -0.385. The second-order valence-corrected chi connectivity index (χ2v) is 4.39. The third-order valence-electron chi connectivity index (χ3n) is 2.83. The van der Waals surface area contributed by atoms with Crippen LogP contribution in [0.2, 0.25) is 0 Å². The number of hydrogen-bond donors (Lipinski definition) is 1. The number of nitrogens with zero attached hydrogens (tertiary/aromatic N) is 2. The molecule has 6 heteroatoms. The van der Waals surface area contributed by atoms with E-state index in [0.717, 1.165) is 0 Å². The predicted molar refractivity (Wildman–Crippen MR) is 69.6 cm³/mol. The largest absolute Gasteiger partial charge is 0.324 e. The van der Waals surface area contributed by atoms with Gasteiger partial charge in [-0.1, -0.05) is 6.07 Å². The van der Waals surface area contributed by atoms with Gasteiger partial charge < -0.3 is 5.32 Å². The van der Waals surface area contributed by atoms with Crippen LogP contribution in [0.3, 0.4) is 0 Å². The molecule has 18 heavy (non-hydrogen) atoms. The van der Waals surface area contributed by atoms with Crippen LogP contribution in [0.1, 0.15) is 12.5 Å². The fourth-order valence-electron chi connectivity index (χ4n) is 1.37. The lowest BCUT2D eigenvalue weighted by Gasteiger charge is -2.18. The summed E-state index contributed by atoms with van der Waals surface area (Å²) in [5.74, 6) is -0.196. The van der Waals surface area contributed by atoms with Crippen molar-refractivity contribution in [2.24, 2.45) is 0 Å². The number of carbonyl (C=O) groups is 1. The number of aryl methyl sites for hydroxylation is 1. The van der Waals surface area contributed by atoms with E-state index in [1.165, 1.54) is 6.07 Å². The summed E-state index contributed by atoms with van der Waals surface area (Å²) in [4.78, 5) is 23.9. The van der Waals surface area contributed by atoms with Gasteiger partial charge in [-0.15, -0.1) is 0 Å². The van der Waals surface area contributed by atoms with Crippen LogP contribution in [0.15, 0.2) is 18.2 Å². The van der Waals surface area contributed by atoms with Gasteiger partial charge in [0.25, 0.3) is 5.69 Å². The van der Waals surface area contributed by atoms with E-state index in [-0.39, 0.29) is 17.6 Å². The van der Waals surface area contributed by atoms with Crippen LogP contribution in [-0.4, -0.2) is 35.9 Å². The molecule has 1 aromatic rings. The molecule has 0 fully saturated rings. The van der Waals surface area contributed by atoms with E-state index in [4.69, 9.17) is 0 Å². The minimum Gasteiger partial charge on any atom is -0.324 e. The molecule has 98 valence electrons. The van der Waals surface area contributed by atoms with Gasteiger partial charge in [0.1, 0.15) is 0 Å². The van der Waals surface area contributed by atoms with Crippen molar-refractivity contribution in [3.8, 4) is 0 Å². The number of carbonyl (C=O) groups excluding carboxylic acids is 1. The Morgan fingerprint density at radius 1 is 1.44 bits per heavy atom. The van der Waals surface area contributed by atoms with Crippen molar-refractivity contribution in [3.63, 3.8) is 0 Å². The molecule has 0 aliphatic heterocycles. The number of likely N-dealkylation sites (N-methyl/N-ethyl adjacent to an activating group) is 1. The van der Waals surface area contributed by atoms with Gasteiger partial charge in [-0.3, -0.25) is 19.8 Å². The Kier molecular flexibility index (Phi) is 4.38. The van der Waals surface area contributed by atoms with Gasteiger partial charge in [-0.2, -0.15) is 0 Å². The Labute approximate surface area is 106 Å². The summed E-state index contributed by atoms with van der Waals surface area (Å²) in [5.41, 5.74) is 1.01. The van der Waals surface area contributed by atoms with Crippen LogP contribution in [0.25, 0.3) is 0 Å². The fourth-order valence-corrected chi connectivity index (χ4v) is 1.37. The molecule has 0 spiro atoms. The highest BCUT2D eigenvalue weighted by molar-refractivity contribution is 5.94. The quantitative estimate of drug-likeness (QED) is 0.654. The molecule has 1 amide bonds. The summed E-state index contributed by atoms with van der Waals surface area (Å²) in [6.07, 6.45) is 0. The van der Waals surface area contributed by atoms with Gasteiger partial charge in [0, 0.05) is 17.3 Å². The number of anilines is 1. The fraction of sp³-hybridized carbons (Fsp3) is 0.417. The molecule has 0 bridgehead atoms. The first-order valence-electron chi connectivity index (χ1n) is 5.55. The smallest absolute Gasteiger partial charge is 0.274 e. The molecule has 1 N–H and O–H groups in total. The molecule has 1 rings (SSSR count). The number of benzene rings is 1. The summed E-state index contributed by atoms with van der Waals surface area (Å²) in [5, 5.41) is 13.4. The first kappa shape index (κ1) is 14.1. The van der Waals surface area contributed by atoms with Crippen molar-refractivity contribution in [2.45, 2.75) is 19.9 Å². The van der Waals surface area contributed by atoms with Crippen molar-refractivity contribution in [3.05, 3.63) is 33.9 Å². The van der Waals surface area contributed by atoms with E-state index < -0.39 is 4.92 Å². The standard InChI is InChI=1S/C12H17N3O3/c1-8-5-6-10(7-11(8)15(17)18)13-12(16)9(2)14(3)4/h5-7,9H,1-4H3,(H,13,16)/t9-/m0/s1. The minimum atomic E-state index is -0.458. The third-order valence-corrected chi connectivity index (χ3v) is 2.83. The van der Waals surface area contributed by atoms with Crippen molar-refractivity contribution < 1.29 is 9.72 Å².